The Balaban J connectivity index is 0.000000209. The molecule has 2 aliphatic heterocycles. The van der Waals surface area contributed by atoms with Crippen molar-refractivity contribution in [1.82, 2.24) is 15.1 Å². The lowest BCUT2D eigenvalue weighted by atomic mass is 9.74. The number of phenols is 2. The van der Waals surface area contributed by atoms with Gasteiger partial charge in [-0.1, -0.05) is 114 Å². The lowest BCUT2D eigenvalue weighted by Crippen LogP contribution is -2.45. The first kappa shape index (κ1) is 45.0. The lowest BCUT2D eigenvalue weighted by molar-refractivity contribution is -0.138. The fourth-order valence-corrected chi connectivity index (χ4v) is 7.91. The Hall–Kier alpha value is -4.70. The molecule has 9 nitrogen and oxygen atoms in total. The molecule has 6 rings (SSSR count). The quantitative estimate of drug-likeness (QED) is 0.115. The second-order valence-electron chi connectivity index (χ2n) is 18.0. The van der Waals surface area contributed by atoms with E-state index in [1.807, 2.05) is 72.8 Å². The smallest absolute Gasteiger partial charge is 0.303 e. The third-order valence-corrected chi connectivity index (χ3v) is 11.4. The van der Waals surface area contributed by atoms with Crippen molar-refractivity contribution in [3.05, 3.63) is 130 Å². The summed E-state index contributed by atoms with van der Waals surface area (Å²) in [5, 5.41) is 31.1. The number of phenolic OH excluding ortho intramolecular Hbond substituents is 2. The van der Waals surface area contributed by atoms with Crippen LogP contribution in [0.3, 0.4) is 0 Å². The van der Waals surface area contributed by atoms with Crippen LogP contribution in [0.15, 0.2) is 97.1 Å². The molecule has 4 aromatic carbocycles. The molecule has 308 valence electrons. The predicted octanol–water partition coefficient (Wildman–Crippen LogP) is 8.08. The summed E-state index contributed by atoms with van der Waals surface area (Å²) in [5.41, 5.74) is 13.0. The summed E-state index contributed by atoms with van der Waals surface area (Å²) >= 11 is 0. The number of hydrogen-bond donors (Lipinski definition) is 5. The zero-order valence-corrected chi connectivity index (χ0v) is 35.3. The zero-order chi connectivity index (χ0) is 41.9. The number of amides is 1. The fourth-order valence-electron chi connectivity index (χ4n) is 7.91. The van der Waals surface area contributed by atoms with Crippen molar-refractivity contribution >= 4 is 11.9 Å². The molecule has 6 N–H and O–H groups in total. The molecule has 4 atom stereocenters. The summed E-state index contributed by atoms with van der Waals surface area (Å²) < 4.78 is 0. The van der Waals surface area contributed by atoms with E-state index in [9.17, 15) is 19.8 Å². The van der Waals surface area contributed by atoms with Crippen molar-refractivity contribution in [2.24, 2.45) is 16.6 Å². The normalized spacial score (nSPS) is 18.0. The number of carboxylic acids is 1. The third kappa shape index (κ3) is 13.4. The van der Waals surface area contributed by atoms with Crippen molar-refractivity contribution < 1.29 is 24.9 Å². The van der Waals surface area contributed by atoms with Crippen LogP contribution in [0, 0.1) is 10.8 Å². The van der Waals surface area contributed by atoms with E-state index < -0.39 is 5.97 Å². The van der Waals surface area contributed by atoms with Gasteiger partial charge in [-0.05, 0) is 107 Å². The minimum absolute atomic E-state index is 0.0151. The Bertz CT molecular complexity index is 1890. The van der Waals surface area contributed by atoms with Crippen LogP contribution in [0.1, 0.15) is 99.6 Å². The highest BCUT2D eigenvalue weighted by Gasteiger charge is 2.30. The number of benzene rings is 4. The van der Waals surface area contributed by atoms with Gasteiger partial charge in [-0.3, -0.25) is 19.4 Å². The Kier molecular flexibility index (Phi) is 15.9. The summed E-state index contributed by atoms with van der Waals surface area (Å²) in [5.74, 6) is 0.279. The average Bonchev–Trinajstić information content (AvgIpc) is 3.15. The average molecular weight is 779 g/mol. The first-order chi connectivity index (χ1) is 26.8. The summed E-state index contributed by atoms with van der Waals surface area (Å²) in [6, 6.07) is 32.1. The lowest BCUT2D eigenvalue weighted by Gasteiger charge is -2.35. The van der Waals surface area contributed by atoms with Crippen LogP contribution in [0.25, 0.3) is 0 Å². The monoisotopic (exact) mass is 779 g/mol. The standard InChI is InChI=1S/C24H32N2O2.C13H18O2.C11H16N2O/c1-24(2,3)22(17-8-6-5-7-9-17)14-23(28)25-15-20-12-18-10-11-21(27)13-19(18)16-26(20)4;1-13(2,3)11(9-12(14)15)10-7-5-4-6-8-10;1-13-7-9-5-11(14)3-2-8(9)4-10(13)6-12/h5-11,13,20,22,27H,12,14-16H2,1-4H3,(H,25,28);4-8,11H,9H2,1-3H3,(H,14,15);2-3,5,10,14H,4,6-7,12H2,1H3/t20-,22+;11-;10-/m010/s1. The second kappa shape index (κ2) is 20.1. The number of carbonyl (C=O) groups is 2. The van der Waals surface area contributed by atoms with Crippen LogP contribution in [0.5, 0.6) is 11.5 Å². The molecule has 0 unspecified atom stereocenters. The number of likely N-dealkylation sites (N-methyl/N-ethyl adjacent to an activating group) is 2. The minimum atomic E-state index is -0.737. The molecular formula is C48H66N4O5. The van der Waals surface area contributed by atoms with Crippen LogP contribution < -0.4 is 11.1 Å². The molecule has 57 heavy (non-hydrogen) atoms. The van der Waals surface area contributed by atoms with Crippen LogP contribution in [-0.4, -0.2) is 76.3 Å². The van der Waals surface area contributed by atoms with Gasteiger partial charge in [0.25, 0.3) is 0 Å². The topological polar surface area (TPSA) is 139 Å². The first-order valence-corrected chi connectivity index (χ1v) is 20.2. The number of fused-ring (bicyclic) bond motifs is 2. The van der Waals surface area contributed by atoms with E-state index in [1.165, 1.54) is 27.8 Å². The van der Waals surface area contributed by atoms with Gasteiger partial charge in [0, 0.05) is 44.7 Å². The molecule has 0 saturated carbocycles. The van der Waals surface area contributed by atoms with Crippen molar-refractivity contribution in [2.45, 2.75) is 104 Å². The number of carbonyl (C=O) groups excluding carboxylic acids is 1. The number of carboxylic acid groups (broad SMARTS) is 1. The Morgan fingerprint density at radius 2 is 1.09 bits per heavy atom. The minimum Gasteiger partial charge on any atom is -0.508 e. The number of nitrogens with two attached hydrogens (primary N) is 1. The van der Waals surface area contributed by atoms with E-state index in [2.05, 4.69) is 82.9 Å². The summed E-state index contributed by atoms with van der Waals surface area (Å²) in [4.78, 5) is 28.1. The van der Waals surface area contributed by atoms with Crippen LogP contribution in [0.4, 0.5) is 0 Å². The van der Waals surface area contributed by atoms with Crippen molar-refractivity contribution in [2.75, 3.05) is 27.2 Å². The number of nitrogens with zero attached hydrogens (tertiary/aromatic N) is 2. The van der Waals surface area contributed by atoms with Gasteiger partial charge in [0.1, 0.15) is 11.5 Å². The Labute approximate surface area is 340 Å². The number of rotatable bonds is 9. The highest BCUT2D eigenvalue weighted by molar-refractivity contribution is 5.77. The zero-order valence-electron chi connectivity index (χ0n) is 35.3. The molecule has 0 spiro atoms. The van der Waals surface area contributed by atoms with Gasteiger partial charge in [-0.25, -0.2) is 0 Å². The second-order valence-corrected chi connectivity index (χ2v) is 18.0. The number of aromatic hydroxyl groups is 2. The largest absolute Gasteiger partial charge is 0.508 e. The summed E-state index contributed by atoms with van der Waals surface area (Å²) in [6.07, 6.45) is 2.55. The van der Waals surface area contributed by atoms with E-state index in [4.69, 9.17) is 10.8 Å². The molecular weight excluding hydrogens is 713 g/mol. The molecule has 9 heteroatoms. The molecule has 0 aromatic heterocycles. The van der Waals surface area contributed by atoms with Gasteiger partial charge in [-0.15, -0.1) is 0 Å². The summed E-state index contributed by atoms with van der Waals surface area (Å²) in [6.45, 7) is 15.8. The molecule has 1 amide bonds. The van der Waals surface area contributed by atoms with E-state index in [0.717, 1.165) is 31.5 Å². The van der Waals surface area contributed by atoms with Gasteiger partial charge in [0.2, 0.25) is 5.91 Å². The predicted molar refractivity (Wildman–Crippen MR) is 230 cm³/mol. The van der Waals surface area contributed by atoms with Crippen LogP contribution in [-0.2, 0) is 35.5 Å². The van der Waals surface area contributed by atoms with Gasteiger partial charge in [0.05, 0.1) is 6.42 Å². The van der Waals surface area contributed by atoms with E-state index >= 15 is 0 Å². The maximum atomic E-state index is 12.8. The van der Waals surface area contributed by atoms with Crippen LogP contribution in [0.2, 0.25) is 0 Å². The Morgan fingerprint density at radius 1 is 0.667 bits per heavy atom. The van der Waals surface area contributed by atoms with Crippen molar-refractivity contribution in [3.8, 4) is 11.5 Å². The summed E-state index contributed by atoms with van der Waals surface area (Å²) in [7, 11) is 4.15. The van der Waals surface area contributed by atoms with E-state index in [0.29, 0.717) is 37.1 Å². The van der Waals surface area contributed by atoms with Gasteiger partial charge < -0.3 is 26.4 Å². The number of aliphatic carboxylic acids is 1. The van der Waals surface area contributed by atoms with Gasteiger partial charge >= 0.3 is 5.97 Å². The van der Waals surface area contributed by atoms with E-state index in [1.54, 1.807) is 12.1 Å². The Morgan fingerprint density at radius 3 is 1.51 bits per heavy atom. The molecule has 0 bridgehead atoms. The van der Waals surface area contributed by atoms with Crippen molar-refractivity contribution in [1.29, 1.82) is 0 Å². The highest BCUT2D eigenvalue weighted by atomic mass is 16.4. The molecule has 0 aliphatic carbocycles. The molecule has 2 aliphatic rings. The third-order valence-electron chi connectivity index (χ3n) is 11.4. The fraction of sp³-hybridized carbons (Fsp3) is 0.458. The van der Waals surface area contributed by atoms with Gasteiger partial charge in [-0.2, -0.15) is 0 Å². The molecule has 0 radical (unpaired) electrons. The number of hydrogen-bond acceptors (Lipinski definition) is 7. The van der Waals surface area contributed by atoms with Crippen LogP contribution >= 0.6 is 0 Å². The van der Waals surface area contributed by atoms with Gasteiger partial charge in [0.15, 0.2) is 0 Å². The molecule has 4 aromatic rings. The molecule has 2 heterocycles. The van der Waals surface area contributed by atoms with E-state index in [-0.39, 0.29) is 41.0 Å². The highest BCUT2D eigenvalue weighted by Crippen LogP contribution is 2.38. The van der Waals surface area contributed by atoms with Crippen molar-refractivity contribution in [3.63, 3.8) is 0 Å². The molecule has 0 saturated heterocycles. The maximum absolute atomic E-state index is 12.8. The number of nitrogens with one attached hydrogen (secondary N) is 1. The first-order valence-electron chi connectivity index (χ1n) is 20.2. The molecule has 0 fully saturated rings. The SMILES string of the molecule is CC(C)(C)[C@H](CC(=O)O)c1ccccc1.CN1Cc2cc(O)ccc2C[C@H]1CN.CN1Cc2cc(O)ccc2C[C@H]1CNC(=O)C[C@H](c1ccccc1)C(C)(C)C. The maximum Gasteiger partial charge on any atom is 0.303 e.